The minimum atomic E-state index is -0.308. The normalized spacial score (nSPS) is 12.7. The van der Waals surface area contributed by atoms with E-state index in [1.807, 2.05) is 17.5 Å². The van der Waals surface area contributed by atoms with Crippen molar-refractivity contribution in [3.8, 4) is 0 Å². The SMILES string of the molecule is NNC(Cc1cc(F)ccc1Cl)c1cnc2ccsc2c1. The number of benzene rings is 1. The molecule has 0 saturated heterocycles. The van der Waals surface area contributed by atoms with E-state index in [0.29, 0.717) is 17.0 Å². The Bertz CT molecular complexity index is 774. The molecule has 1 unspecified atom stereocenters. The molecule has 2 heterocycles. The number of hydrazine groups is 1. The molecule has 0 aliphatic carbocycles. The van der Waals surface area contributed by atoms with Gasteiger partial charge in [-0.15, -0.1) is 11.3 Å². The molecule has 0 fully saturated rings. The van der Waals surface area contributed by atoms with E-state index >= 15 is 0 Å². The van der Waals surface area contributed by atoms with Crippen LogP contribution < -0.4 is 11.3 Å². The molecule has 3 rings (SSSR count). The lowest BCUT2D eigenvalue weighted by molar-refractivity contribution is 0.548. The summed E-state index contributed by atoms with van der Waals surface area (Å²) >= 11 is 7.74. The van der Waals surface area contributed by atoms with Crippen molar-refractivity contribution in [3.63, 3.8) is 0 Å². The van der Waals surface area contributed by atoms with Gasteiger partial charge in [0.25, 0.3) is 0 Å². The average Bonchev–Trinajstić information content (AvgIpc) is 2.95. The number of nitrogens with two attached hydrogens (primary N) is 1. The monoisotopic (exact) mass is 321 g/mol. The zero-order valence-electron chi connectivity index (χ0n) is 11.0. The minimum absolute atomic E-state index is 0.178. The van der Waals surface area contributed by atoms with Crippen molar-refractivity contribution in [2.24, 2.45) is 5.84 Å². The first kappa shape index (κ1) is 14.4. The van der Waals surface area contributed by atoms with Gasteiger partial charge in [0, 0.05) is 11.2 Å². The number of hydrogen-bond acceptors (Lipinski definition) is 4. The van der Waals surface area contributed by atoms with Crippen molar-refractivity contribution >= 4 is 33.2 Å². The first-order valence-electron chi connectivity index (χ1n) is 6.40. The van der Waals surface area contributed by atoms with E-state index in [4.69, 9.17) is 17.4 Å². The van der Waals surface area contributed by atoms with Gasteiger partial charge >= 0.3 is 0 Å². The molecule has 0 aliphatic heterocycles. The van der Waals surface area contributed by atoms with Gasteiger partial charge in [-0.2, -0.15) is 0 Å². The van der Waals surface area contributed by atoms with Crippen molar-refractivity contribution in [2.75, 3.05) is 0 Å². The Balaban J connectivity index is 1.92. The van der Waals surface area contributed by atoms with Gasteiger partial charge in [0.2, 0.25) is 0 Å². The third-order valence-corrected chi connectivity index (χ3v) is 4.58. The summed E-state index contributed by atoms with van der Waals surface area (Å²) in [5.41, 5.74) is 5.38. The third-order valence-electron chi connectivity index (χ3n) is 3.36. The molecule has 0 amide bonds. The van der Waals surface area contributed by atoms with Crippen LogP contribution in [-0.2, 0) is 6.42 Å². The summed E-state index contributed by atoms with van der Waals surface area (Å²) in [5.74, 6) is 5.34. The van der Waals surface area contributed by atoms with Crippen molar-refractivity contribution in [1.29, 1.82) is 0 Å². The van der Waals surface area contributed by atoms with Crippen molar-refractivity contribution < 1.29 is 4.39 Å². The largest absolute Gasteiger partial charge is 0.271 e. The first-order chi connectivity index (χ1) is 10.2. The number of hydrogen-bond donors (Lipinski definition) is 2. The van der Waals surface area contributed by atoms with Crippen molar-refractivity contribution in [3.05, 3.63) is 63.9 Å². The topological polar surface area (TPSA) is 50.9 Å². The van der Waals surface area contributed by atoms with Gasteiger partial charge in [-0.25, -0.2) is 4.39 Å². The van der Waals surface area contributed by atoms with Crippen LogP contribution in [0.1, 0.15) is 17.2 Å². The fourth-order valence-electron chi connectivity index (χ4n) is 2.24. The molecule has 6 heteroatoms. The molecule has 0 saturated carbocycles. The summed E-state index contributed by atoms with van der Waals surface area (Å²) in [7, 11) is 0. The number of pyridine rings is 1. The Hall–Kier alpha value is -1.53. The molecular weight excluding hydrogens is 309 g/mol. The highest BCUT2D eigenvalue weighted by Gasteiger charge is 2.14. The van der Waals surface area contributed by atoms with Crippen LogP contribution in [0.15, 0.2) is 41.9 Å². The first-order valence-corrected chi connectivity index (χ1v) is 7.66. The van der Waals surface area contributed by atoms with Crippen LogP contribution in [0.25, 0.3) is 10.2 Å². The standard InChI is InChI=1S/C15H13ClFN3S/c16-12-2-1-11(17)5-9(12)6-14(20-18)10-7-15-13(19-8-10)3-4-21-15/h1-5,7-8,14,20H,6,18H2. The molecule has 3 nitrogen and oxygen atoms in total. The Morgan fingerprint density at radius 1 is 1.33 bits per heavy atom. The molecule has 0 aliphatic rings. The van der Waals surface area contributed by atoms with Crippen molar-refractivity contribution in [2.45, 2.75) is 12.5 Å². The van der Waals surface area contributed by atoms with E-state index < -0.39 is 0 Å². The summed E-state index contributed by atoms with van der Waals surface area (Å²) in [6, 6.07) is 8.17. The molecule has 3 N–H and O–H groups in total. The Labute approximate surface area is 130 Å². The number of fused-ring (bicyclic) bond motifs is 1. The van der Waals surface area contributed by atoms with E-state index in [-0.39, 0.29) is 11.9 Å². The maximum Gasteiger partial charge on any atom is 0.123 e. The van der Waals surface area contributed by atoms with Crippen LogP contribution in [0, 0.1) is 5.82 Å². The molecule has 108 valence electrons. The fraction of sp³-hybridized carbons (Fsp3) is 0.133. The number of halogens is 2. The second-order valence-corrected chi connectivity index (χ2v) is 6.09. The van der Waals surface area contributed by atoms with Gasteiger partial charge in [0.05, 0.1) is 16.3 Å². The Kier molecular flexibility index (Phi) is 4.17. The van der Waals surface area contributed by atoms with Crippen LogP contribution in [0.5, 0.6) is 0 Å². The van der Waals surface area contributed by atoms with Gasteiger partial charge < -0.3 is 0 Å². The number of rotatable bonds is 4. The smallest absolute Gasteiger partial charge is 0.123 e. The Morgan fingerprint density at radius 2 is 2.19 bits per heavy atom. The van der Waals surface area contributed by atoms with Gasteiger partial charge in [0.1, 0.15) is 5.82 Å². The predicted octanol–water partition coefficient (Wildman–Crippen LogP) is 3.84. The number of thiophene rings is 1. The highest BCUT2D eigenvalue weighted by Crippen LogP contribution is 2.27. The Morgan fingerprint density at radius 3 is 3.00 bits per heavy atom. The number of nitrogens with zero attached hydrogens (tertiary/aromatic N) is 1. The van der Waals surface area contributed by atoms with Gasteiger partial charge in [-0.1, -0.05) is 11.6 Å². The second kappa shape index (κ2) is 6.07. The zero-order valence-corrected chi connectivity index (χ0v) is 12.6. The highest BCUT2D eigenvalue weighted by molar-refractivity contribution is 7.17. The molecule has 21 heavy (non-hydrogen) atoms. The molecule has 0 spiro atoms. The molecule has 0 radical (unpaired) electrons. The van der Waals surface area contributed by atoms with Crippen LogP contribution in [-0.4, -0.2) is 4.98 Å². The quantitative estimate of drug-likeness (QED) is 0.567. The third kappa shape index (κ3) is 3.06. The maximum atomic E-state index is 13.3. The van der Waals surface area contributed by atoms with E-state index in [9.17, 15) is 4.39 Å². The van der Waals surface area contributed by atoms with E-state index in [1.165, 1.54) is 12.1 Å². The van der Waals surface area contributed by atoms with Gasteiger partial charge in [-0.05, 0) is 53.3 Å². The zero-order chi connectivity index (χ0) is 14.8. The van der Waals surface area contributed by atoms with E-state index in [2.05, 4.69) is 10.4 Å². The lowest BCUT2D eigenvalue weighted by Gasteiger charge is -2.17. The summed E-state index contributed by atoms with van der Waals surface area (Å²) in [6.07, 6.45) is 2.28. The summed E-state index contributed by atoms with van der Waals surface area (Å²) in [5, 5.41) is 2.53. The van der Waals surface area contributed by atoms with Crippen molar-refractivity contribution in [1.82, 2.24) is 10.4 Å². The van der Waals surface area contributed by atoms with Crippen LogP contribution in [0.2, 0.25) is 5.02 Å². The summed E-state index contributed by atoms with van der Waals surface area (Å²) in [4.78, 5) is 4.40. The maximum absolute atomic E-state index is 13.3. The van der Waals surface area contributed by atoms with Gasteiger partial charge in [0.15, 0.2) is 0 Å². The number of aromatic nitrogens is 1. The highest BCUT2D eigenvalue weighted by atomic mass is 35.5. The molecular formula is C15H13ClFN3S. The molecule has 1 atom stereocenters. The second-order valence-electron chi connectivity index (χ2n) is 4.73. The fourth-order valence-corrected chi connectivity index (χ4v) is 3.23. The number of nitrogens with one attached hydrogen (secondary N) is 1. The van der Waals surface area contributed by atoms with Crippen LogP contribution >= 0.6 is 22.9 Å². The lowest BCUT2D eigenvalue weighted by atomic mass is 10.0. The average molecular weight is 322 g/mol. The van der Waals surface area contributed by atoms with Crippen LogP contribution in [0.4, 0.5) is 4.39 Å². The summed E-state index contributed by atoms with van der Waals surface area (Å²) < 4.78 is 14.4. The predicted molar refractivity (Wildman–Crippen MR) is 84.8 cm³/mol. The molecule has 1 aromatic carbocycles. The molecule has 3 aromatic rings. The molecule has 0 bridgehead atoms. The lowest BCUT2D eigenvalue weighted by Crippen LogP contribution is -2.29. The van der Waals surface area contributed by atoms with E-state index in [0.717, 1.165) is 15.8 Å². The van der Waals surface area contributed by atoms with Crippen LogP contribution in [0.3, 0.4) is 0 Å². The minimum Gasteiger partial charge on any atom is -0.271 e. The summed E-state index contributed by atoms with van der Waals surface area (Å²) in [6.45, 7) is 0. The molecule has 2 aromatic heterocycles. The van der Waals surface area contributed by atoms with Gasteiger partial charge in [-0.3, -0.25) is 16.3 Å². The van der Waals surface area contributed by atoms with E-state index in [1.54, 1.807) is 23.6 Å².